The zero-order chi connectivity index (χ0) is 10.3. The average Bonchev–Trinajstić information content (AvgIpc) is 3.04. The molecular formula is C15H18. The van der Waals surface area contributed by atoms with Crippen LogP contribution in [0.15, 0.2) is 42.5 Å². The van der Waals surface area contributed by atoms with Gasteiger partial charge in [0.15, 0.2) is 0 Å². The third-order valence-corrected chi connectivity index (χ3v) is 4.13. The van der Waals surface area contributed by atoms with E-state index in [4.69, 9.17) is 0 Å². The lowest BCUT2D eigenvalue weighted by molar-refractivity contribution is 0.437. The van der Waals surface area contributed by atoms with Gasteiger partial charge in [0.05, 0.1) is 0 Å². The van der Waals surface area contributed by atoms with Gasteiger partial charge in [-0.2, -0.15) is 0 Å². The minimum Gasteiger partial charge on any atom is -0.0993 e. The standard InChI is InChI=1S/C15H18/c1-11-13(7-8-14-10-15(11)14)9-12-5-3-2-4-6-12/h2-6,13-15H,1,7-10H2. The van der Waals surface area contributed by atoms with Crippen LogP contribution in [0.5, 0.6) is 0 Å². The summed E-state index contributed by atoms with van der Waals surface area (Å²) in [5.74, 6) is 2.67. The van der Waals surface area contributed by atoms with Crippen LogP contribution in [0.2, 0.25) is 0 Å². The van der Waals surface area contributed by atoms with Gasteiger partial charge in [0.25, 0.3) is 0 Å². The third kappa shape index (κ3) is 1.73. The molecule has 0 N–H and O–H groups in total. The van der Waals surface area contributed by atoms with Crippen LogP contribution in [0.25, 0.3) is 0 Å². The maximum atomic E-state index is 4.31. The highest BCUT2D eigenvalue weighted by atomic mass is 14.5. The van der Waals surface area contributed by atoms with Crippen LogP contribution in [0.3, 0.4) is 0 Å². The summed E-state index contributed by atoms with van der Waals surface area (Å²) in [6.45, 7) is 4.31. The van der Waals surface area contributed by atoms with Crippen LogP contribution >= 0.6 is 0 Å². The van der Waals surface area contributed by atoms with Crippen molar-refractivity contribution < 1.29 is 0 Å². The Morgan fingerprint density at radius 1 is 1.13 bits per heavy atom. The van der Waals surface area contributed by atoms with Gasteiger partial charge in [0.1, 0.15) is 0 Å². The van der Waals surface area contributed by atoms with Crippen LogP contribution in [-0.4, -0.2) is 0 Å². The fourth-order valence-electron chi connectivity index (χ4n) is 3.06. The Labute approximate surface area is 92.0 Å². The van der Waals surface area contributed by atoms with Crippen molar-refractivity contribution in [2.24, 2.45) is 17.8 Å². The van der Waals surface area contributed by atoms with Gasteiger partial charge in [-0.25, -0.2) is 0 Å². The van der Waals surface area contributed by atoms with Crippen molar-refractivity contribution in [3.05, 3.63) is 48.0 Å². The second kappa shape index (κ2) is 3.52. The summed E-state index contributed by atoms with van der Waals surface area (Å²) in [6, 6.07) is 10.9. The lowest BCUT2D eigenvalue weighted by Crippen LogP contribution is -2.14. The van der Waals surface area contributed by atoms with Crippen molar-refractivity contribution in [1.29, 1.82) is 0 Å². The molecule has 1 aromatic rings. The summed E-state index contributed by atoms with van der Waals surface area (Å²) in [5, 5.41) is 0. The summed E-state index contributed by atoms with van der Waals surface area (Å²) < 4.78 is 0. The lowest BCUT2D eigenvalue weighted by atomic mass is 9.81. The zero-order valence-corrected chi connectivity index (χ0v) is 9.15. The van der Waals surface area contributed by atoms with Gasteiger partial charge in [-0.05, 0) is 49.0 Å². The van der Waals surface area contributed by atoms with Gasteiger partial charge < -0.3 is 0 Å². The molecule has 15 heavy (non-hydrogen) atoms. The highest BCUT2D eigenvalue weighted by Gasteiger charge is 2.44. The number of fused-ring (bicyclic) bond motifs is 1. The van der Waals surface area contributed by atoms with Crippen LogP contribution in [-0.2, 0) is 6.42 Å². The third-order valence-electron chi connectivity index (χ3n) is 4.13. The Morgan fingerprint density at radius 3 is 2.73 bits per heavy atom. The quantitative estimate of drug-likeness (QED) is 0.633. The molecule has 3 rings (SSSR count). The van der Waals surface area contributed by atoms with Gasteiger partial charge in [-0.3, -0.25) is 0 Å². The van der Waals surface area contributed by atoms with E-state index in [0.29, 0.717) is 0 Å². The van der Waals surface area contributed by atoms with E-state index in [1.807, 2.05) is 0 Å². The molecule has 0 amide bonds. The number of hydrogen-bond donors (Lipinski definition) is 0. The first-order valence-electron chi connectivity index (χ1n) is 6.07. The Kier molecular flexibility index (Phi) is 2.16. The minimum atomic E-state index is 0.760. The van der Waals surface area contributed by atoms with E-state index in [2.05, 4.69) is 36.9 Å². The molecule has 0 heteroatoms. The Morgan fingerprint density at radius 2 is 1.93 bits per heavy atom. The Balaban J connectivity index is 1.70. The highest BCUT2D eigenvalue weighted by molar-refractivity contribution is 5.23. The van der Waals surface area contributed by atoms with Gasteiger partial charge >= 0.3 is 0 Å². The van der Waals surface area contributed by atoms with Crippen LogP contribution < -0.4 is 0 Å². The summed E-state index contributed by atoms with van der Waals surface area (Å²) in [6.07, 6.45) is 5.46. The van der Waals surface area contributed by atoms with Crippen LogP contribution in [0, 0.1) is 17.8 Å². The maximum Gasteiger partial charge on any atom is -0.0162 e. The molecule has 0 spiro atoms. The summed E-state index contributed by atoms with van der Waals surface area (Å²) >= 11 is 0. The molecule has 0 nitrogen and oxygen atoms in total. The van der Waals surface area contributed by atoms with E-state index >= 15 is 0 Å². The van der Waals surface area contributed by atoms with Gasteiger partial charge in [0, 0.05) is 0 Å². The molecule has 0 heterocycles. The van der Waals surface area contributed by atoms with E-state index in [9.17, 15) is 0 Å². The van der Waals surface area contributed by atoms with Crippen LogP contribution in [0.1, 0.15) is 24.8 Å². The van der Waals surface area contributed by atoms with Crippen molar-refractivity contribution in [2.75, 3.05) is 0 Å². The molecule has 0 bridgehead atoms. The van der Waals surface area contributed by atoms with Crippen molar-refractivity contribution in [2.45, 2.75) is 25.7 Å². The topological polar surface area (TPSA) is 0 Å². The molecule has 0 saturated heterocycles. The molecule has 0 radical (unpaired) electrons. The fraction of sp³-hybridized carbons (Fsp3) is 0.467. The normalized spacial score (nSPS) is 33.6. The molecule has 78 valence electrons. The second-order valence-corrected chi connectivity index (χ2v) is 5.14. The monoisotopic (exact) mass is 198 g/mol. The summed E-state index contributed by atoms with van der Waals surface area (Å²) in [5.41, 5.74) is 3.03. The second-order valence-electron chi connectivity index (χ2n) is 5.14. The fourth-order valence-corrected chi connectivity index (χ4v) is 3.06. The SMILES string of the molecule is C=C1C(Cc2ccccc2)CCC2CC12. The molecular weight excluding hydrogens is 180 g/mol. The van der Waals surface area contributed by atoms with Gasteiger partial charge in [-0.15, -0.1) is 0 Å². The molecule has 2 aliphatic carbocycles. The molecule has 2 fully saturated rings. The molecule has 0 aliphatic heterocycles. The molecule has 3 atom stereocenters. The largest absolute Gasteiger partial charge is 0.0993 e. The van der Waals surface area contributed by atoms with Crippen molar-refractivity contribution in [3.63, 3.8) is 0 Å². The predicted molar refractivity (Wildman–Crippen MR) is 63.6 cm³/mol. The van der Waals surface area contributed by atoms with Crippen molar-refractivity contribution in [3.8, 4) is 0 Å². The first-order chi connectivity index (χ1) is 7.34. The van der Waals surface area contributed by atoms with E-state index in [-0.39, 0.29) is 0 Å². The zero-order valence-electron chi connectivity index (χ0n) is 9.15. The van der Waals surface area contributed by atoms with E-state index in [1.54, 1.807) is 5.57 Å². The van der Waals surface area contributed by atoms with Gasteiger partial charge in [-0.1, -0.05) is 42.5 Å². The minimum absolute atomic E-state index is 0.760. The van der Waals surface area contributed by atoms with Crippen LogP contribution in [0.4, 0.5) is 0 Å². The van der Waals surface area contributed by atoms with E-state index in [1.165, 1.54) is 31.2 Å². The molecule has 0 aromatic heterocycles. The van der Waals surface area contributed by atoms with E-state index < -0.39 is 0 Å². The van der Waals surface area contributed by atoms with Crippen molar-refractivity contribution in [1.82, 2.24) is 0 Å². The highest BCUT2D eigenvalue weighted by Crippen LogP contribution is 2.54. The number of rotatable bonds is 2. The summed E-state index contributed by atoms with van der Waals surface area (Å²) in [7, 11) is 0. The number of hydrogen-bond acceptors (Lipinski definition) is 0. The molecule has 1 aromatic carbocycles. The summed E-state index contributed by atoms with van der Waals surface area (Å²) in [4.78, 5) is 0. The average molecular weight is 198 g/mol. The van der Waals surface area contributed by atoms with E-state index in [0.717, 1.165) is 17.8 Å². The molecule has 2 saturated carbocycles. The van der Waals surface area contributed by atoms with Gasteiger partial charge in [0.2, 0.25) is 0 Å². The number of benzene rings is 1. The first kappa shape index (κ1) is 9.21. The smallest absolute Gasteiger partial charge is 0.0162 e. The number of allylic oxidation sites excluding steroid dienone is 1. The predicted octanol–water partition coefficient (Wildman–Crippen LogP) is 3.83. The molecule has 3 unspecified atom stereocenters. The Hall–Kier alpha value is -1.04. The maximum absolute atomic E-state index is 4.31. The first-order valence-corrected chi connectivity index (χ1v) is 6.07. The van der Waals surface area contributed by atoms with Crippen molar-refractivity contribution >= 4 is 0 Å². The molecule has 2 aliphatic rings. The lowest BCUT2D eigenvalue weighted by Gasteiger charge is -2.24. The Bertz CT molecular complexity index is 363.